The number of amides is 1. The molecule has 0 bridgehead atoms. The predicted octanol–water partition coefficient (Wildman–Crippen LogP) is 3.85. The number of carbonyl (C=O) groups excluding carboxylic acids is 1. The Kier molecular flexibility index (Phi) is 6.20. The van der Waals surface area contributed by atoms with E-state index in [9.17, 15) is 4.79 Å². The molecular weight excluding hydrogens is 382 g/mol. The third-order valence-electron chi connectivity index (χ3n) is 4.89. The maximum absolute atomic E-state index is 12.3. The van der Waals surface area contributed by atoms with Gasteiger partial charge in [-0.3, -0.25) is 4.79 Å². The third-order valence-corrected chi connectivity index (χ3v) is 4.89. The largest absolute Gasteiger partial charge is 0.497 e. The van der Waals surface area contributed by atoms with E-state index in [0.29, 0.717) is 17.9 Å². The second-order valence-electron chi connectivity index (χ2n) is 6.95. The summed E-state index contributed by atoms with van der Waals surface area (Å²) in [4.78, 5) is 20.8. The maximum atomic E-state index is 12.3. The molecule has 1 amide bonds. The van der Waals surface area contributed by atoms with E-state index in [-0.39, 0.29) is 18.0 Å². The fraction of sp³-hybridized carbons (Fsp3) is 0.261. The summed E-state index contributed by atoms with van der Waals surface area (Å²) in [5.74, 6) is 1.28. The zero-order chi connectivity index (χ0) is 20.8. The lowest BCUT2D eigenvalue weighted by atomic mass is 10.1. The zero-order valence-corrected chi connectivity index (χ0v) is 16.7. The van der Waals surface area contributed by atoms with Gasteiger partial charge in [-0.15, -0.1) is 0 Å². The number of nitrogens with zero attached hydrogens (tertiary/aromatic N) is 2. The molecule has 1 N–H and O–H groups in total. The first kappa shape index (κ1) is 19.8. The number of nitrogens with one attached hydrogen (secondary N) is 1. The van der Waals surface area contributed by atoms with Crippen LogP contribution in [0.25, 0.3) is 11.1 Å². The van der Waals surface area contributed by atoms with Crippen molar-refractivity contribution in [3.05, 3.63) is 66.5 Å². The molecule has 0 radical (unpaired) electrons. The van der Waals surface area contributed by atoms with Crippen molar-refractivity contribution < 1.29 is 19.0 Å². The second-order valence-corrected chi connectivity index (χ2v) is 6.95. The maximum Gasteiger partial charge on any atom is 0.321 e. The molecule has 1 saturated heterocycles. The summed E-state index contributed by atoms with van der Waals surface area (Å²) in [6.07, 6.45) is 5.57. The molecule has 0 unspecified atom stereocenters. The van der Waals surface area contributed by atoms with Crippen molar-refractivity contribution in [2.75, 3.05) is 20.3 Å². The molecule has 1 aliphatic heterocycles. The first-order chi connectivity index (χ1) is 14.7. The molecule has 1 atom stereocenters. The molecule has 1 fully saturated rings. The van der Waals surface area contributed by atoms with Crippen molar-refractivity contribution >= 4 is 5.91 Å². The summed E-state index contributed by atoms with van der Waals surface area (Å²) >= 11 is 0. The van der Waals surface area contributed by atoms with Crippen molar-refractivity contribution in [1.82, 2.24) is 15.3 Å². The molecule has 0 saturated carbocycles. The predicted molar refractivity (Wildman–Crippen MR) is 112 cm³/mol. The molecule has 2 heterocycles. The Morgan fingerprint density at radius 2 is 1.73 bits per heavy atom. The molecule has 1 aliphatic rings. The van der Waals surface area contributed by atoms with Crippen LogP contribution in [0.5, 0.6) is 17.5 Å². The molecule has 4 rings (SSSR count). The van der Waals surface area contributed by atoms with Gasteiger partial charge in [0.25, 0.3) is 5.91 Å². The molecule has 7 heteroatoms. The van der Waals surface area contributed by atoms with Gasteiger partial charge in [0, 0.05) is 36.7 Å². The van der Waals surface area contributed by atoms with Gasteiger partial charge >= 0.3 is 6.01 Å². The van der Waals surface area contributed by atoms with Crippen LogP contribution in [-0.2, 0) is 4.74 Å². The molecule has 0 aliphatic carbocycles. The average molecular weight is 405 g/mol. The van der Waals surface area contributed by atoms with Crippen LogP contribution < -0.4 is 14.8 Å². The molecule has 1 aromatic heterocycles. The van der Waals surface area contributed by atoms with Crippen molar-refractivity contribution in [2.45, 2.75) is 18.9 Å². The molecule has 3 aromatic rings. The summed E-state index contributed by atoms with van der Waals surface area (Å²) in [5.41, 5.74) is 2.36. The fourth-order valence-electron chi connectivity index (χ4n) is 3.20. The Bertz CT molecular complexity index is 967. The number of aromatic nitrogens is 2. The van der Waals surface area contributed by atoms with Gasteiger partial charge in [-0.2, -0.15) is 0 Å². The van der Waals surface area contributed by atoms with Crippen molar-refractivity contribution in [3.8, 4) is 28.6 Å². The second kappa shape index (κ2) is 9.37. The number of benzene rings is 2. The van der Waals surface area contributed by atoms with E-state index in [0.717, 1.165) is 36.3 Å². The summed E-state index contributed by atoms with van der Waals surface area (Å²) in [6.45, 7) is 1.32. The minimum atomic E-state index is -0.100. The molecule has 0 spiro atoms. The van der Waals surface area contributed by atoms with Crippen molar-refractivity contribution in [1.29, 1.82) is 0 Å². The Morgan fingerprint density at radius 1 is 1.03 bits per heavy atom. The first-order valence-electron chi connectivity index (χ1n) is 9.85. The van der Waals surface area contributed by atoms with Crippen molar-refractivity contribution in [2.24, 2.45) is 0 Å². The quantitative estimate of drug-likeness (QED) is 0.643. The van der Waals surface area contributed by atoms with E-state index in [4.69, 9.17) is 14.2 Å². The number of ether oxygens (including phenoxy) is 3. The van der Waals surface area contributed by atoms with Crippen LogP contribution in [0.2, 0.25) is 0 Å². The normalized spacial score (nSPS) is 15.6. The lowest BCUT2D eigenvalue weighted by molar-refractivity contribution is 0.0858. The fourth-order valence-corrected chi connectivity index (χ4v) is 3.20. The van der Waals surface area contributed by atoms with E-state index >= 15 is 0 Å². The average Bonchev–Trinajstić information content (AvgIpc) is 3.32. The lowest BCUT2D eigenvalue weighted by Gasteiger charge is -2.11. The van der Waals surface area contributed by atoms with Crippen LogP contribution >= 0.6 is 0 Å². The van der Waals surface area contributed by atoms with Crippen LogP contribution in [0, 0.1) is 0 Å². The van der Waals surface area contributed by atoms with Gasteiger partial charge in [-0.05, 0) is 54.8 Å². The third kappa shape index (κ3) is 4.93. The van der Waals surface area contributed by atoms with E-state index < -0.39 is 0 Å². The molecular formula is C23H23N3O4. The minimum absolute atomic E-state index is 0.100. The Hall–Kier alpha value is -3.45. The van der Waals surface area contributed by atoms with Gasteiger partial charge in [0.1, 0.15) is 11.5 Å². The molecule has 154 valence electrons. The summed E-state index contributed by atoms with van der Waals surface area (Å²) in [7, 11) is 1.61. The first-order valence-corrected chi connectivity index (χ1v) is 9.85. The van der Waals surface area contributed by atoms with Gasteiger partial charge < -0.3 is 19.5 Å². The highest BCUT2D eigenvalue weighted by atomic mass is 16.5. The van der Waals surface area contributed by atoms with E-state index in [1.165, 1.54) is 0 Å². The molecule has 30 heavy (non-hydrogen) atoms. The Labute approximate surface area is 175 Å². The van der Waals surface area contributed by atoms with Crippen molar-refractivity contribution in [3.63, 3.8) is 0 Å². The van der Waals surface area contributed by atoms with Crippen LogP contribution in [0.15, 0.2) is 60.9 Å². The highest BCUT2D eigenvalue weighted by Gasteiger charge is 2.16. The van der Waals surface area contributed by atoms with Gasteiger partial charge in [0.05, 0.1) is 13.2 Å². The van der Waals surface area contributed by atoms with Crippen LogP contribution in [0.1, 0.15) is 23.2 Å². The zero-order valence-electron chi connectivity index (χ0n) is 16.7. The topological polar surface area (TPSA) is 82.6 Å². The Balaban J connectivity index is 1.35. The Morgan fingerprint density at radius 3 is 2.37 bits per heavy atom. The molecule has 7 nitrogen and oxygen atoms in total. The monoisotopic (exact) mass is 405 g/mol. The van der Waals surface area contributed by atoms with Crippen LogP contribution in [-0.4, -0.2) is 42.2 Å². The number of hydrogen-bond acceptors (Lipinski definition) is 6. The van der Waals surface area contributed by atoms with Gasteiger partial charge in [0.15, 0.2) is 0 Å². The number of carbonyl (C=O) groups is 1. The van der Waals surface area contributed by atoms with Gasteiger partial charge in [0.2, 0.25) is 0 Å². The standard InChI is InChI=1S/C23H23N3O4/c1-28-19-8-10-20(11-9-19)30-23-25-13-18(14-26-23)16-4-6-17(7-5-16)22(27)24-15-21-3-2-12-29-21/h4-11,13-14,21H,2-3,12,15H2,1H3,(H,24,27)/t21-/m1/s1. The highest BCUT2D eigenvalue weighted by Crippen LogP contribution is 2.23. The number of methoxy groups -OCH3 is 1. The van der Waals surface area contributed by atoms with E-state index in [2.05, 4.69) is 15.3 Å². The van der Waals surface area contributed by atoms with E-state index in [1.807, 2.05) is 24.3 Å². The SMILES string of the molecule is COc1ccc(Oc2ncc(-c3ccc(C(=O)NC[C@H]4CCCO4)cc3)cn2)cc1. The summed E-state index contributed by atoms with van der Waals surface area (Å²) in [5, 5.41) is 2.92. The van der Waals surface area contributed by atoms with Crippen LogP contribution in [0.3, 0.4) is 0 Å². The summed E-state index contributed by atoms with van der Waals surface area (Å²) < 4.78 is 16.3. The highest BCUT2D eigenvalue weighted by molar-refractivity contribution is 5.94. The number of hydrogen-bond donors (Lipinski definition) is 1. The minimum Gasteiger partial charge on any atom is -0.497 e. The van der Waals surface area contributed by atoms with Crippen LogP contribution in [0.4, 0.5) is 0 Å². The molecule has 2 aromatic carbocycles. The van der Waals surface area contributed by atoms with Gasteiger partial charge in [-0.25, -0.2) is 9.97 Å². The lowest BCUT2D eigenvalue weighted by Crippen LogP contribution is -2.31. The van der Waals surface area contributed by atoms with Gasteiger partial charge in [-0.1, -0.05) is 12.1 Å². The number of rotatable bonds is 7. The smallest absolute Gasteiger partial charge is 0.321 e. The van der Waals surface area contributed by atoms with E-state index in [1.54, 1.807) is 43.8 Å². The summed E-state index contributed by atoms with van der Waals surface area (Å²) in [6, 6.07) is 14.8.